The molecule has 0 fully saturated rings. The van der Waals surface area contributed by atoms with Crippen LogP contribution in [-0.4, -0.2) is 6.04 Å². The van der Waals surface area contributed by atoms with Crippen molar-refractivity contribution in [1.82, 2.24) is 0 Å². The van der Waals surface area contributed by atoms with Crippen molar-refractivity contribution >= 4 is 28.1 Å². The van der Waals surface area contributed by atoms with Crippen molar-refractivity contribution in [2.24, 2.45) is 0 Å². The number of nitrogens with zero attached hydrogens (tertiary/aromatic N) is 1. The minimum atomic E-state index is -0.0298. The molecule has 1 nitrogen and oxygen atoms in total. The van der Waals surface area contributed by atoms with Gasteiger partial charge in [-0.1, -0.05) is 165 Å². The Bertz CT molecular complexity index is 2870. The first-order valence-electron chi connectivity index (χ1n) is 23.1. The van der Waals surface area contributed by atoms with E-state index in [1.54, 1.807) is 5.57 Å². The van der Waals surface area contributed by atoms with Gasteiger partial charge in [0, 0.05) is 22.4 Å². The summed E-state index contributed by atoms with van der Waals surface area (Å²) < 4.78 is 0. The Kier molecular flexibility index (Phi) is 10.7. The highest BCUT2D eigenvalue weighted by Crippen LogP contribution is 2.52. The molecule has 6 aromatic carbocycles. The van der Waals surface area contributed by atoms with E-state index in [9.17, 15) is 0 Å². The van der Waals surface area contributed by atoms with Crippen LogP contribution in [0, 0.1) is 6.92 Å². The van der Waals surface area contributed by atoms with Crippen LogP contribution in [0.1, 0.15) is 110 Å². The first kappa shape index (κ1) is 39.9. The summed E-state index contributed by atoms with van der Waals surface area (Å²) in [4.78, 5) is 2.70. The van der Waals surface area contributed by atoms with Gasteiger partial charge in [0.25, 0.3) is 0 Å². The lowest BCUT2D eigenvalue weighted by Crippen LogP contribution is -2.34. The smallest absolute Gasteiger partial charge is 0.0563 e. The molecule has 0 radical (unpaired) electrons. The number of benzene rings is 6. The van der Waals surface area contributed by atoms with E-state index in [0.29, 0.717) is 0 Å². The van der Waals surface area contributed by atoms with E-state index in [4.69, 9.17) is 0 Å². The van der Waals surface area contributed by atoms with Crippen LogP contribution in [0.25, 0.3) is 27.8 Å². The molecule has 4 aliphatic rings. The van der Waals surface area contributed by atoms with Crippen molar-refractivity contribution in [3.05, 3.63) is 231 Å². The summed E-state index contributed by atoms with van der Waals surface area (Å²) in [6.07, 6.45) is 18.4. The monoisotopic (exact) mass is 805 g/mol. The van der Waals surface area contributed by atoms with Gasteiger partial charge in [-0.15, -0.1) is 0 Å². The van der Waals surface area contributed by atoms with Gasteiger partial charge in [0.2, 0.25) is 0 Å². The van der Waals surface area contributed by atoms with Crippen LogP contribution in [0.15, 0.2) is 181 Å². The quantitative estimate of drug-likeness (QED) is 0.141. The molecular weight excluding hydrogens is 747 g/mol. The number of hydrogen-bond donors (Lipinski definition) is 0. The molecule has 0 amide bonds. The summed E-state index contributed by atoms with van der Waals surface area (Å²) in [5.41, 5.74) is 26.5. The number of fused-ring (bicyclic) bond motifs is 3. The molecule has 0 saturated heterocycles. The van der Waals surface area contributed by atoms with Gasteiger partial charge >= 0.3 is 0 Å². The molecule has 0 heterocycles. The van der Waals surface area contributed by atoms with Gasteiger partial charge in [0.1, 0.15) is 0 Å². The number of rotatable bonds is 9. The molecule has 6 aromatic rings. The fraction of sp³-hybridized carbons (Fsp3) is 0.246. The highest BCUT2D eigenvalue weighted by molar-refractivity contribution is 5.89. The maximum Gasteiger partial charge on any atom is 0.0563 e. The van der Waals surface area contributed by atoms with E-state index in [0.717, 1.165) is 38.5 Å². The summed E-state index contributed by atoms with van der Waals surface area (Å²) in [6.45, 7) is 11.7. The van der Waals surface area contributed by atoms with Crippen molar-refractivity contribution in [3.63, 3.8) is 0 Å². The van der Waals surface area contributed by atoms with Crippen LogP contribution >= 0.6 is 0 Å². The lowest BCUT2D eigenvalue weighted by atomic mass is 9.77. The minimum Gasteiger partial charge on any atom is -0.334 e. The number of allylic oxidation sites excluding steroid dienone is 8. The Morgan fingerprint density at radius 2 is 1.40 bits per heavy atom. The third-order valence-corrected chi connectivity index (χ3v) is 14.6. The Balaban J connectivity index is 1.11. The third-order valence-electron chi connectivity index (χ3n) is 14.6. The van der Waals surface area contributed by atoms with Crippen LogP contribution in [0.3, 0.4) is 0 Å². The molecular formula is C61H59N. The zero-order valence-electron chi connectivity index (χ0n) is 37.3. The van der Waals surface area contributed by atoms with E-state index in [1.807, 2.05) is 0 Å². The van der Waals surface area contributed by atoms with Gasteiger partial charge in [-0.25, -0.2) is 0 Å². The van der Waals surface area contributed by atoms with Gasteiger partial charge in [-0.05, 0) is 174 Å². The SMILES string of the molecule is C/C=C1\C(=C(/C)Cc2ccccc2-c2ccc(N(c3ccccc3C3=CCCCC3)C3C=CC4=C(C3)C(C)(C)c3ccccc34)cc2Cc2ccccc2C)Cc2ccccc21. The molecule has 0 aromatic heterocycles. The molecule has 0 spiro atoms. The van der Waals surface area contributed by atoms with Crippen LogP contribution < -0.4 is 4.90 Å². The van der Waals surface area contributed by atoms with Gasteiger partial charge in [-0.2, -0.15) is 0 Å². The largest absolute Gasteiger partial charge is 0.334 e. The fourth-order valence-corrected chi connectivity index (χ4v) is 11.3. The van der Waals surface area contributed by atoms with Gasteiger partial charge in [0.15, 0.2) is 0 Å². The van der Waals surface area contributed by atoms with Gasteiger partial charge < -0.3 is 4.90 Å². The number of anilines is 2. The molecule has 1 heteroatoms. The minimum absolute atomic E-state index is 0.0298. The van der Waals surface area contributed by atoms with Gasteiger partial charge in [0.05, 0.1) is 6.04 Å². The summed E-state index contributed by atoms with van der Waals surface area (Å²) in [5, 5.41) is 0. The Morgan fingerprint density at radius 1 is 0.710 bits per heavy atom. The zero-order valence-corrected chi connectivity index (χ0v) is 37.3. The molecule has 1 unspecified atom stereocenters. The lowest BCUT2D eigenvalue weighted by Gasteiger charge is -2.38. The molecule has 4 aliphatic carbocycles. The highest BCUT2D eigenvalue weighted by Gasteiger charge is 2.40. The number of para-hydroxylation sites is 1. The van der Waals surface area contributed by atoms with Crippen molar-refractivity contribution < 1.29 is 0 Å². The lowest BCUT2D eigenvalue weighted by molar-refractivity contribution is 0.585. The van der Waals surface area contributed by atoms with E-state index in [-0.39, 0.29) is 11.5 Å². The molecule has 0 aliphatic heterocycles. The average molecular weight is 806 g/mol. The Labute approximate surface area is 370 Å². The highest BCUT2D eigenvalue weighted by atomic mass is 15.2. The molecule has 0 saturated carbocycles. The van der Waals surface area contributed by atoms with Crippen molar-refractivity contribution in [3.8, 4) is 11.1 Å². The van der Waals surface area contributed by atoms with Crippen molar-refractivity contribution in [2.75, 3.05) is 4.90 Å². The Hall–Kier alpha value is -6.18. The summed E-state index contributed by atoms with van der Waals surface area (Å²) in [6, 6.07) is 53.0. The van der Waals surface area contributed by atoms with Crippen LogP contribution in [0.5, 0.6) is 0 Å². The van der Waals surface area contributed by atoms with E-state index in [2.05, 4.69) is 203 Å². The van der Waals surface area contributed by atoms with Crippen LogP contribution in [0.4, 0.5) is 11.4 Å². The normalized spacial score (nSPS) is 19.0. The second-order valence-electron chi connectivity index (χ2n) is 18.6. The second kappa shape index (κ2) is 16.6. The molecule has 0 bridgehead atoms. The van der Waals surface area contributed by atoms with Crippen molar-refractivity contribution in [1.29, 1.82) is 0 Å². The molecule has 0 N–H and O–H groups in total. The molecule has 62 heavy (non-hydrogen) atoms. The van der Waals surface area contributed by atoms with Crippen molar-refractivity contribution in [2.45, 2.75) is 97.4 Å². The standard InChI is InChI=1S/C61H59N/c1-6-50-51-26-14-13-25-46(51)39-57(50)42(3)36-45-24-12-15-27-52(45)53-34-32-48(38-47(53)37-44-23-11-10-20-41(44)2)62(60-31-19-17-28-54(60)43-21-8-7-9-22-43)49-33-35-56-55-29-16-18-30-58(55)61(4,5)59(56)40-49/h6,10-21,23-35,38,49H,7-9,22,36-37,39-40H2,1-5H3/b50-6-,57-42+. The number of aryl methyl sites for hydroxylation is 1. The van der Waals surface area contributed by atoms with E-state index < -0.39 is 0 Å². The first-order valence-corrected chi connectivity index (χ1v) is 23.1. The summed E-state index contributed by atoms with van der Waals surface area (Å²) in [7, 11) is 0. The summed E-state index contributed by atoms with van der Waals surface area (Å²) in [5.74, 6) is 0. The zero-order chi connectivity index (χ0) is 42.4. The summed E-state index contributed by atoms with van der Waals surface area (Å²) >= 11 is 0. The predicted octanol–water partition coefficient (Wildman–Crippen LogP) is 15.9. The number of hydrogen-bond acceptors (Lipinski definition) is 1. The maximum absolute atomic E-state index is 2.70. The van der Waals surface area contributed by atoms with Gasteiger partial charge in [-0.3, -0.25) is 0 Å². The fourth-order valence-electron chi connectivity index (χ4n) is 11.3. The maximum atomic E-state index is 2.70. The molecule has 1 atom stereocenters. The average Bonchev–Trinajstić information content (AvgIpc) is 3.80. The molecule has 308 valence electrons. The van der Waals surface area contributed by atoms with Crippen LogP contribution in [-0.2, 0) is 24.7 Å². The Morgan fingerprint density at radius 3 is 2.19 bits per heavy atom. The first-order chi connectivity index (χ1) is 30.3. The topological polar surface area (TPSA) is 3.24 Å². The predicted molar refractivity (Wildman–Crippen MR) is 265 cm³/mol. The third kappa shape index (κ3) is 7.16. The van der Waals surface area contributed by atoms with E-state index in [1.165, 1.54) is 113 Å². The van der Waals surface area contributed by atoms with E-state index >= 15 is 0 Å². The van der Waals surface area contributed by atoms with Crippen LogP contribution in [0.2, 0.25) is 0 Å². The molecule has 10 rings (SSSR count). The second-order valence-corrected chi connectivity index (χ2v) is 18.6.